The van der Waals surface area contributed by atoms with Crippen LogP contribution < -0.4 is 5.73 Å². The molecule has 1 aromatic carbocycles. The van der Waals surface area contributed by atoms with Gasteiger partial charge in [0.15, 0.2) is 0 Å². The molecule has 0 amide bonds. The molecule has 2 rings (SSSR count). The maximum absolute atomic E-state index is 14.3. The molecule has 4 heteroatoms. The minimum Gasteiger partial charge on any atom is -0.389 e. The summed E-state index contributed by atoms with van der Waals surface area (Å²) in [6, 6.07) is 5.83. The zero-order chi connectivity index (χ0) is 14.7. The van der Waals surface area contributed by atoms with Gasteiger partial charge in [0.1, 0.15) is 10.8 Å². The Bertz CT molecular complexity index is 489. The fourth-order valence-corrected chi connectivity index (χ4v) is 3.25. The van der Waals surface area contributed by atoms with Crippen LogP contribution in [0.4, 0.5) is 4.39 Å². The molecule has 0 saturated heterocycles. The smallest absolute Gasteiger partial charge is 0.137 e. The number of thiocarbonyl (C=S) groups is 1. The number of hydrogen-bond acceptors (Lipinski definition) is 2. The van der Waals surface area contributed by atoms with Gasteiger partial charge < -0.3 is 5.73 Å². The van der Waals surface area contributed by atoms with Crippen LogP contribution in [0.25, 0.3) is 0 Å². The van der Waals surface area contributed by atoms with Crippen molar-refractivity contribution in [2.75, 3.05) is 7.05 Å². The Labute approximate surface area is 126 Å². The summed E-state index contributed by atoms with van der Waals surface area (Å²) in [4.78, 5) is 2.38. The van der Waals surface area contributed by atoms with E-state index in [1.165, 1.54) is 25.7 Å². The maximum Gasteiger partial charge on any atom is 0.137 e. The summed E-state index contributed by atoms with van der Waals surface area (Å²) in [5, 5.41) is 0. The van der Waals surface area contributed by atoms with Crippen LogP contribution in [0.3, 0.4) is 0 Å². The van der Waals surface area contributed by atoms with Crippen LogP contribution in [0, 0.1) is 11.7 Å². The van der Waals surface area contributed by atoms with E-state index in [1.807, 2.05) is 12.1 Å². The van der Waals surface area contributed by atoms with E-state index in [9.17, 15) is 4.39 Å². The Morgan fingerprint density at radius 3 is 2.85 bits per heavy atom. The van der Waals surface area contributed by atoms with Gasteiger partial charge in [-0.15, -0.1) is 0 Å². The highest BCUT2D eigenvalue weighted by molar-refractivity contribution is 7.80. The summed E-state index contributed by atoms with van der Waals surface area (Å²) >= 11 is 4.89. The fourth-order valence-electron chi connectivity index (χ4n) is 3.09. The molecule has 0 heterocycles. The predicted octanol–water partition coefficient (Wildman–Crippen LogP) is 3.47. The van der Waals surface area contributed by atoms with Gasteiger partial charge in [-0.3, -0.25) is 4.90 Å². The highest BCUT2D eigenvalue weighted by atomic mass is 32.1. The Morgan fingerprint density at radius 1 is 1.45 bits per heavy atom. The summed E-state index contributed by atoms with van der Waals surface area (Å²) < 4.78 is 14.3. The first-order valence-electron chi connectivity index (χ1n) is 7.26. The Balaban J connectivity index is 2.09. The second-order valence-electron chi connectivity index (χ2n) is 5.98. The molecule has 1 fully saturated rings. The summed E-state index contributed by atoms with van der Waals surface area (Å²) in [6.45, 7) is 2.91. The number of benzene rings is 1. The van der Waals surface area contributed by atoms with Crippen molar-refractivity contribution in [3.63, 3.8) is 0 Å². The monoisotopic (exact) mass is 294 g/mol. The number of hydrogen-bond donors (Lipinski definition) is 1. The van der Waals surface area contributed by atoms with E-state index in [-0.39, 0.29) is 10.8 Å². The first-order chi connectivity index (χ1) is 9.49. The molecular weight excluding hydrogens is 271 g/mol. The number of rotatable bonds is 4. The van der Waals surface area contributed by atoms with E-state index >= 15 is 0 Å². The van der Waals surface area contributed by atoms with Crippen LogP contribution >= 0.6 is 12.2 Å². The molecule has 1 aromatic rings. The van der Waals surface area contributed by atoms with Gasteiger partial charge in [0, 0.05) is 23.7 Å². The second kappa shape index (κ2) is 6.64. The first kappa shape index (κ1) is 15.4. The third-order valence-electron chi connectivity index (χ3n) is 4.30. The fraction of sp³-hybridized carbons (Fsp3) is 0.562. The largest absolute Gasteiger partial charge is 0.389 e. The average molecular weight is 294 g/mol. The van der Waals surface area contributed by atoms with Crippen molar-refractivity contribution in [1.82, 2.24) is 4.90 Å². The van der Waals surface area contributed by atoms with Crippen molar-refractivity contribution in [2.24, 2.45) is 11.7 Å². The molecular formula is C16H23FN2S. The summed E-state index contributed by atoms with van der Waals surface area (Å²) in [5.41, 5.74) is 6.58. The van der Waals surface area contributed by atoms with Crippen molar-refractivity contribution in [2.45, 2.75) is 45.2 Å². The molecule has 1 aliphatic carbocycles. The molecule has 0 bridgehead atoms. The van der Waals surface area contributed by atoms with E-state index in [4.69, 9.17) is 18.0 Å². The van der Waals surface area contributed by atoms with Gasteiger partial charge in [-0.05, 0) is 31.9 Å². The summed E-state index contributed by atoms with van der Waals surface area (Å²) in [5.74, 6) is 0.500. The van der Waals surface area contributed by atoms with Crippen LogP contribution in [0.15, 0.2) is 18.2 Å². The molecule has 0 aliphatic heterocycles. The van der Waals surface area contributed by atoms with Gasteiger partial charge >= 0.3 is 0 Å². The molecule has 1 saturated carbocycles. The lowest BCUT2D eigenvalue weighted by molar-refractivity contribution is 0.156. The molecule has 2 atom stereocenters. The third-order valence-corrected chi connectivity index (χ3v) is 4.52. The van der Waals surface area contributed by atoms with E-state index in [1.54, 1.807) is 6.07 Å². The molecule has 2 unspecified atom stereocenters. The zero-order valence-corrected chi connectivity index (χ0v) is 13.0. The molecule has 2 N–H and O–H groups in total. The number of nitrogens with two attached hydrogens (primary N) is 1. The summed E-state index contributed by atoms with van der Waals surface area (Å²) in [7, 11) is 2.08. The zero-order valence-electron chi connectivity index (χ0n) is 12.2. The molecule has 0 radical (unpaired) electrons. The molecule has 0 spiro atoms. The van der Waals surface area contributed by atoms with Crippen LogP contribution in [0.2, 0.25) is 0 Å². The Hall–Kier alpha value is -1.00. The number of halogens is 1. The lowest BCUT2D eigenvalue weighted by Crippen LogP contribution is -2.35. The molecule has 110 valence electrons. The second-order valence-corrected chi connectivity index (χ2v) is 6.42. The molecule has 1 aliphatic rings. The van der Waals surface area contributed by atoms with E-state index in [2.05, 4.69) is 18.9 Å². The van der Waals surface area contributed by atoms with Gasteiger partial charge in [-0.25, -0.2) is 4.39 Å². The summed E-state index contributed by atoms with van der Waals surface area (Å²) in [6.07, 6.45) is 4.99. The average Bonchev–Trinajstić information content (AvgIpc) is 2.40. The van der Waals surface area contributed by atoms with Crippen molar-refractivity contribution >= 4 is 17.2 Å². The van der Waals surface area contributed by atoms with Gasteiger partial charge in [0.05, 0.1) is 0 Å². The normalized spacial score (nSPS) is 23.0. The van der Waals surface area contributed by atoms with Gasteiger partial charge in [-0.2, -0.15) is 0 Å². The van der Waals surface area contributed by atoms with Gasteiger partial charge in [-0.1, -0.05) is 44.1 Å². The predicted molar refractivity (Wildman–Crippen MR) is 85.2 cm³/mol. The van der Waals surface area contributed by atoms with Crippen LogP contribution in [0.1, 0.15) is 43.7 Å². The highest BCUT2D eigenvalue weighted by Gasteiger charge is 2.23. The minimum absolute atomic E-state index is 0.123. The lowest BCUT2D eigenvalue weighted by Gasteiger charge is -2.34. The SMILES string of the molecule is CC1CCCC(N(C)Cc2cccc(C(N)=S)c2F)C1. The third kappa shape index (κ3) is 3.55. The van der Waals surface area contributed by atoms with Crippen molar-refractivity contribution < 1.29 is 4.39 Å². The van der Waals surface area contributed by atoms with Crippen molar-refractivity contribution in [3.8, 4) is 0 Å². The lowest BCUT2D eigenvalue weighted by atomic mass is 9.86. The topological polar surface area (TPSA) is 29.3 Å². The van der Waals surface area contributed by atoms with E-state index in [0.29, 0.717) is 23.7 Å². The van der Waals surface area contributed by atoms with Gasteiger partial charge in [0.25, 0.3) is 0 Å². The highest BCUT2D eigenvalue weighted by Crippen LogP contribution is 2.28. The first-order valence-corrected chi connectivity index (χ1v) is 7.67. The van der Waals surface area contributed by atoms with Crippen molar-refractivity contribution in [3.05, 3.63) is 35.1 Å². The standard InChI is InChI=1S/C16H23FN2S/c1-11-5-3-7-13(9-11)19(2)10-12-6-4-8-14(15(12)17)16(18)20/h4,6,8,11,13H,3,5,7,9-10H2,1-2H3,(H2,18,20). The quantitative estimate of drug-likeness (QED) is 0.862. The maximum atomic E-state index is 14.3. The van der Waals surface area contributed by atoms with E-state index in [0.717, 1.165) is 5.92 Å². The van der Waals surface area contributed by atoms with E-state index < -0.39 is 0 Å². The van der Waals surface area contributed by atoms with Crippen LogP contribution in [-0.2, 0) is 6.54 Å². The van der Waals surface area contributed by atoms with Crippen LogP contribution in [-0.4, -0.2) is 23.0 Å². The van der Waals surface area contributed by atoms with Crippen molar-refractivity contribution in [1.29, 1.82) is 0 Å². The van der Waals surface area contributed by atoms with Gasteiger partial charge in [0.2, 0.25) is 0 Å². The molecule has 0 aromatic heterocycles. The number of nitrogens with zero attached hydrogens (tertiary/aromatic N) is 1. The molecule has 2 nitrogen and oxygen atoms in total. The Kier molecular flexibility index (Phi) is 5.11. The Morgan fingerprint density at radius 2 is 2.20 bits per heavy atom. The molecule has 20 heavy (non-hydrogen) atoms. The van der Waals surface area contributed by atoms with Crippen LogP contribution in [0.5, 0.6) is 0 Å². The minimum atomic E-state index is -0.268.